The van der Waals surface area contributed by atoms with E-state index in [1.54, 1.807) is 42.5 Å². The van der Waals surface area contributed by atoms with Gasteiger partial charge < -0.3 is 10.6 Å². The minimum absolute atomic E-state index is 0.0690. The van der Waals surface area contributed by atoms with Crippen molar-refractivity contribution >= 4 is 27.5 Å². The van der Waals surface area contributed by atoms with Crippen LogP contribution in [-0.2, 0) is 10.0 Å². The van der Waals surface area contributed by atoms with E-state index in [1.165, 1.54) is 11.6 Å². The standard InChI is InChI=1S/C24H23N3O3S/c1-3-21(17-10-8-16(2)9-11-17)26-24(28)18-12-14-19(15-13-18)25-23-20-6-4-5-7-22(20)31(29,30)27-23/h4-15,21H,3H2,1-2H3,(H,25,27)(H,26,28). The Hall–Kier alpha value is -3.45. The van der Waals surface area contributed by atoms with Crippen LogP contribution >= 0.6 is 0 Å². The van der Waals surface area contributed by atoms with Crippen LogP contribution in [0.2, 0.25) is 0 Å². The molecule has 6 nitrogen and oxygen atoms in total. The molecule has 2 N–H and O–H groups in total. The van der Waals surface area contributed by atoms with Gasteiger partial charge in [-0.1, -0.05) is 48.9 Å². The lowest BCUT2D eigenvalue weighted by atomic mass is 10.0. The number of sulfonamides is 1. The zero-order valence-electron chi connectivity index (χ0n) is 17.3. The van der Waals surface area contributed by atoms with Gasteiger partial charge in [0.15, 0.2) is 5.84 Å². The van der Waals surface area contributed by atoms with Crippen molar-refractivity contribution in [1.82, 2.24) is 5.32 Å². The summed E-state index contributed by atoms with van der Waals surface area (Å²) in [5, 5.41) is 6.11. The number of benzene rings is 3. The second kappa shape index (κ2) is 8.35. The SMILES string of the molecule is CCC(NC(=O)c1ccc(NC2=NS(=O)(=O)c3ccccc32)cc1)c1ccc(C)cc1. The molecule has 0 saturated heterocycles. The van der Waals surface area contributed by atoms with Crippen molar-refractivity contribution in [1.29, 1.82) is 0 Å². The van der Waals surface area contributed by atoms with Gasteiger partial charge >= 0.3 is 0 Å². The van der Waals surface area contributed by atoms with E-state index in [-0.39, 0.29) is 22.7 Å². The molecule has 0 spiro atoms. The Morgan fingerprint density at radius 3 is 2.32 bits per heavy atom. The summed E-state index contributed by atoms with van der Waals surface area (Å²) in [7, 11) is -3.68. The van der Waals surface area contributed by atoms with Crippen LogP contribution in [-0.4, -0.2) is 20.2 Å². The summed E-state index contributed by atoms with van der Waals surface area (Å²) in [4.78, 5) is 12.9. The van der Waals surface area contributed by atoms with E-state index in [4.69, 9.17) is 0 Å². The van der Waals surface area contributed by atoms with E-state index in [2.05, 4.69) is 15.0 Å². The molecule has 7 heteroatoms. The Morgan fingerprint density at radius 1 is 0.968 bits per heavy atom. The third kappa shape index (κ3) is 4.36. The number of carbonyl (C=O) groups is 1. The molecule has 1 unspecified atom stereocenters. The molecule has 1 aliphatic rings. The molecule has 0 bridgehead atoms. The molecule has 0 aromatic heterocycles. The van der Waals surface area contributed by atoms with Gasteiger partial charge in [-0.3, -0.25) is 4.79 Å². The molecule has 1 heterocycles. The number of amidine groups is 1. The summed E-state index contributed by atoms with van der Waals surface area (Å²) in [6.07, 6.45) is 0.780. The van der Waals surface area contributed by atoms with Crippen molar-refractivity contribution in [3.05, 3.63) is 95.1 Å². The van der Waals surface area contributed by atoms with Crippen molar-refractivity contribution < 1.29 is 13.2 Å². The van der Waals surface area contributed by atoms with Crippen molar-refractivity contribution in [3.8, 4) is 0 Å². The number of carbonyl (C=O) groups excluding carboxylic acids is 1. The maximum absolute atomic E-state index is 12.7. The molecular weight excluding hydrogens is 410 g/mol. The summed E-state index contributed by atoms with van der Waals surface area (Å²) in [5.41, 5.74) is 3.95. The first-order valence-electron chi connectivity index (χ1n) is 10.1. The molecule has 1 aliphatic heterocycles. The number of hydrogen-bond donors (Lipinski definition) is 2. The number of amides is 1. The van der Waals surface area contributed by atoms with Gasteiger partial charge in [-0.2, -0.15) is 8.42 Å². The summed E-state index contributed by atoms with van der Waals surface area (Å²) in [5.74, 6) is 0.114. The minimum Gasteiger partial charge on any atom is -0.345 e. The lowest BCUT2D eigenvalue weighted by Gasteiger charge is -2.18. The number of nitrogens with one attached hydrogen (secondary N) is 2. The van der Waals surface area contributed by atoms with Crippen molar-refractivity contribution in [2.45, 2.75) is 31.2 Å². The monoisotopic (exact) mass is 433 g/mol. The van der Waals surface area contributed by atoms with Crippen LogP contribution in [0.25, 0.3) is 0 Å². The highest BCUT2D eigenvalue weighted by molar-refractivity contribution is 7.90. The maximum atomic E-state index is 12.7. The fourth-order valence-corrected chi connectivity index (χ4v) is 4.67. The minimum atomic E-state index is -3.68. The molecular formula is C24H23N3O3S. The van der Waals surface area contributed by atoms with Gasteiger partial charge in [0.2, 0.25) is 0 Å². The summed E-state index contributed by atoms with van der Waals surface area (Å²) in [6, 6.07) is 21.6. The second-order valence-electron chi connectivity index (χ2n) is 7.46. The number of hydrogen-bond acceptors (Lipinski definition) is 4. The lowest BCUT2D eigenvalue weighted by molar-refractivity contribution is 0.0935. The number of fused-ring (bicyclic) bond motifs is 1. The highest BCUT2D eigenvalue weighted by atomic mass is 32.2. The first-order valence-corrected chi connectivity index (χ1v) is 11.5. The van der Waals surface area contributed by atoms with E-state index in [9.17, 15) is 13.2 Å². The summed E-state index contributed by atoms with van der Waals surface area (Å²) < 4.78 is 28.2. The van der Waals surface area contributed by atoms with E-state index in [0.717, 1.165) is 12.0 Å². The van der Waals surface area contributed by atoms with Crippen LogP contribution in [0.3, 0.4) is 0 Å². The predicted molar refractivity (Wildman–Crippen MR) is 122 cm³/mol. The van der Waals surface area contributed by atoms with Crippen LogP contribution in [0.5, 0.6) is 0 Å². The molecule has 3 aromatic carbocycles. The van der Waals surface area contributed by atoms with E-state index < -0.39 is 10.0 Å². The van der Waals surface area contributed by atoms with Crippen molar-refractivity contribution in [2.24, 2.45) is 4.40 Å². The van der Waals surface area contributed by atoms with Gasteiger partial charge in [0.05, 0.1) is 6.04 Å². The number of rotatable bonds is 5. The number of nitrogens with zero attached hydrogens (tertiary/aromatic N) is 1. The molecule has 0 aliphatic carbocycles. The normalized spacial score (nSPS) is 15.0. The van der Waals surface area contributed by atoms with E-state index in [1.807, 2.05) is 38.1 Å². The lowest BCUT2D eigenvalue weighted by Crippen LogP contribution is -2.28. The zero-order valence-corrected chi connectivity index (χ0v) is 18.1. The van der Waals surface area contributed by atoms with Crippen LogP contribution in [0.4, 0.5) is 5.69 Å². The van der Waals surface area contributed by atoms with Gasteiger partial charge in [0.25, 0.3) is 15.9 Å². The number of anilines is 1. The first-order chi connectivity index (χ1) is 14.9. The molecule has 1 atom stereocenters. The average molecular weight is 434 g/mol. The van der Waals surface area contributed by atoms with Crippen LogP contribution in [0, 0.1) is 6.92 Å². The Labute approximate surface area is 182 Å². The summed E-state index contributed by atoms with van der Waals surface area (Å²) >= 11 is 0. The topological polar surface area (TPSA) is 87.6 Å². The molecule has 3 aromatic rings. The molecule has 0 fully saturated rings. The van der Waals surface area contributed by atoms with Gasteiger partial charge in [-0.25, -0.2) is 0 Å². The van der Waals surface area contributed by atoms with Crippen molar-refractivity contribution in [3.63, 3.8) is 0 Å². The van der Waals surface area contributed by atoms with Crippen LogP contribution < -0.4 is 10.6 Å². The largest absolute Gasteiger partial charge is 0.345 e. The Balaban J connectivity index is 1.47. The van der Waals surface area contributed by atoms with Gasteiger partial charge in [0, 0.05) is 16.8 Å². The maximum Gasteiger partial charge on any atom is 0.285 e. The second-order valence-corrected chi connectivity index (χ2v) is 9.03. The fraction of sp³-hybridized carbons (Fsp3) is 0.167. The molecule has 0 radical (unpaired) electrons. The Kier molecular flexibility index (Phi) is 5.61. The highest BCUT2D eigenvalue weighted by Crippen LogP contribution is 2.27. The molecule has 1 amide bonds. The smallest absolute Gasteiger partial charge is 0.285 e. The molecule has 31 heavy (non-hydrogen) atoms. The zero-order chi connectivity index (χ0) is 22.0. The van der Waals surface area contributed by atoms with E-state index >= 15 is 0 Å². The van der Waals surface area contributed by atoms with E-state index in [0.29, 0.717) is 16.8 Å². The van der Waals surface area contributed by atoms with Gasteiger partial charge in [-0.05, 0) is 55.3 Å². The number of aryl methyl sites for hydroxylation is 1. The van der Waals surface area contributed by atoms with Gasteiger partial charge in [-0.15, -0.1) is 4.40 Å². The Bertz CT molecular complexity index is 1250. The third-order valence-electron chi connectivity index (χ3n) is 5.23. The Morgan fingerprint density at radius 2 is 1.65 bits per heavy atom. The van der Waals surface area contributed by atoms with Crippen molar-refractivity contribution in [2.75, 3.05) is 5.32 Å². The molecule has 4 rings (SSSR count). The fourth-order valence-electron chi connectivity index (χ4n) is 3.50. The predicted octanol–water partition coefficient (Wildman–Crippen LogP) is 4.44. The summed E-state index contributed by atoms with van der Waals surface area (Å²) in [6.45, 7) is 4.07. The van der Waals surface area contributed by atoms with Crippen LogP contribution in [0.1, 0.15) is 46.4 Å². The van der Waals surface area contributed by atoms with Crippen LogP contribution in [0.15, 0.2) is 82.1 Å². The average Bonchev–Trinajstić information content (AvgIpc) is 3.03. The quantitative estimate of drug-likeness (QED) is 0.623. The highest BCUT2D eigenvalue weighted by Gasteiger charge is 2.28. The molecule has 0 saturated carbocycles. The third-order valence-corrected chi connectivity index (χ3v) is 6.57. The molecule has 158 valence electrons. The first kappa shape index (κ1) is 20.8. The van der Waals surface area contributed by atoms with Gasteiger partial charge in [0.1, 0.15) is 4.90 Å².